The van der Waals surface area contributed by atoms with Crippen molar-refractivity contribution in [3.8, 4) is 11.6 Å². The van der Waals surface area contributed by atoms with Crippen molar-refractivity contribution in [3.63, 3.8) is 0 Å². The van der Waals surface area contributed by atoms with Gasteiger partial charge in [0, 0.05) is 44.5 Å². The molecule has 0 aliphatic carbocycles. The third kappa shape index (κ3) is 6.49. The third-order valence-electron chi connectivity index (χ3n) is 5.08. The topological polar surface area (TPSA) is 80.2 Å². The number of para-hydroxylation sites is 2. The molecule has 1 aromatic carbocycles. The molecule has 31 heavy (non-hydrogen) atoms. The minimum Gasteiger partial charge on any atom is -0.495 e. The molecule has 2 heterocycles. The number of nitrogens with zero attached hydrogens (tertiary/aromatic N) is 3. The van der Waals surface area contributed by atoms with E-state index in [9.17, 15) is 0 Å². The first-order valence-corrected chi connectivity index (χ1v) is 10.7. The van der Waals surface area contributed by atoms with Crippen LogP contribution in [0.2, 0.25) is 0 Å². The highest BCUT2D eigenvalue weighted by Crippen LogP contribution is 2.30. The van der Waals surface area contributed by atoms with Gasteiger partial charge in [-0.25, -0.2) is 9.98 Å². The summed E-state index contributed by atoms with van der Waals surface area (Å²) in [4.78, 5) is 11.4. The van der Waals surface area contributed by atoms with Gasteiger partial charge in [0.2, 0.25) is 5.88 Å². The summed E-state index contributed by atoms with van der Waals surface area (Å²) in [5, 5.41) is 6.91. The van der Waals surface area contributed by atoms with Crippen molar-refractivity contribution in [2.24, 2.45) is 4.99 Å². The number of guanidine groups is 1. The van der Waals surface area contributed by atoms with E-state index in [0.29, 0.717) is 31.7 Å². The number of aliphatic imine (C=N–C) groups is 1. The van der Waals surface area contributed by atoms with E-state index in [-0.39, 0.29) is 0 Å². The van der Waals surface area contributed by atoms with E-state index in [2.05, 4.69) is 33.5 Å². The van der Waals surface area contributed by atoms with Gasteiger partial charge in [-0.05, 0) is 31.5 Å². The van der Waals surface area contributed by atoms with Crippen LogP contribution in [0.25, 0.3) is 0 Å². The number of benzene rings is 1. The van der Waals surface area contributed by atoms with Crippen molar-refractivity contribution in [1.29, 1.82) is 0 Å². The third-order valence-corrected chi connectivity index (χ3v) is 5.08. The second-order valence-corrected chi connectivity index (χ2v) is 7.25. The largest absolute Gasteiger partial charge is 0.495 e. The van der Waals surface area contributed by atoms with Gasteiger partial charge in [-0.15, -0.1) is 0 Å². The van der Waals surface area contributed by atoms with Crippen LogP contribution in [0.5, 0.6) is 11.6 Å². The average molecular weight is 428 g/mol. The first-order valence-electron chi connectivity index (χ1n) is 10.7. The quantitative estimate of drug-likeness (QED) is 0.342. The highest BCUT2D eigenvalue weighted by Gasteiger charge is 2.25. The Balaban J connectivity index is 1.62. The molecule has 1 unspecified atom stereocenters. The van der Waals surface area contributed by atoms with Crippen molar-refractivity contribution in [1.82, 2.24) is 15.6 Å². The van der Waals surface area contributed by atoms with Crippen LogP contribution in [0.1, 0.15) is 18.9 Å². The lowest BCUT2D eigenvalue weighted by molar-refractivity contribution is 0.143. The van der Waals surface area contributed by atoms with E-state index in [4.69, 9.17) is 19.2 Å². The van der Waals surface area contributed by atoms with Crippen LogP contribution in [0.15, 0.2) is 47.6 Å². The van der Waals surface area contributed by atoms with Gasteiger partial charge in [0.1, 0.15) is 12.4 Å². The maximum Gasteiger partial charge on any atom is 0.218 e. The Bertz CT molecular complexity index is 845. The Morgan fingerprint density at radius 3 is 2.87 bits per heavy atom. The Morgan fingerprint density at radius 2 is 2.06 bits per heavy atom. The highest BCUT2D eigenvalue weighted by atomic mass is 16.5. The smallest absolute Gasteiger partial charge is 0.218 e. The standard InChI is InChI=1S/C23H33N5O3/c1-4-24-23(26-16-18-8-7-12-25-22(18)31-15-14-29-2)27-19-11-13-28(17-19)20-9-5-6-10-21(20)30-3/h5-10,12,19H,4,11,13-17H2,1-3H3,(H2,24,26,27). The maximum absolute atomic E-state index is 5.72. The summed E-state index contributed by atoms with van der Waals surface area (Å²) in [6.07, 6.45) is 2.75. The van der Waals surface area contributed by atoms with Crippen LogP contribution in [0.4, 0.5) is 5.69 Å². The van der Waals surface area contributed by atoms with Gasteiger partial charge >= 0.3 is 0 Å². The fourth-order valence-electron chi connectivity index (χ4n) is 3.56. The second-order valence-electron chi connectivity index (χ2n) is 7.25. The molecule has 0 radical (unpaired) electrons. The maximum atomic E-state index is 5.72. The van der Waals surface area contributed by atoms with Crippen LogP contribution in [0, 0.1) is 0 Å². The van der Waals surface area contributed by atoms with Crippen molar-refractivity contribution >= 4 is 11.6 Å². The van der Waals surface area contributed by atoms with Gasteiger partial charge in [-0.3, -0.25) is 0 Å². The number of hydrogen-bond acceptors (Lipinski definition) is 6. The number of aromatic nitrogens is 1. The van der Waals surface area contributed by atoms with Crippen LogP contribution >= 0.6 is 0 Å². The highest BCUT2D eigenvalue weighted by molar-refractivity contribution is 5.80. The Morgan fingerprint density at radius 1 is 1.19 bits per heavy atom. The lowest BCUT2D eigenvalue weighted by Crippen LogP contribution is -2.44. The van der Waals surface area contributed by atoms with E-state index in [1.807, 2.05) is 30.3 Å². The first-order chi connectivity index (χ1) is 15.2. The molecule has 1 saturated heterocycles. The van der Waals surface area contributed by atoms with Gasteiger partial charge < -0.3 is 29.7 Å². The molecule has 0 amide bonds. The molecule has 1 atom stereocenters. The number of nitrogens with one attached hydrogen (secondary N) is 2. The molecule has 0 spiro atoms. The van der Waals surface area contributed by atoms with Crippen molar-refractivity contribution in [2.75, 3.05) is 52.0 Å². The summed E-state index contributed by atoms with van der Waals surface area (Å²) < 4.78 is 16.3. The van der Waals surface area contributed by atoms with E-state index >= 15 is 0 Å². The molecule has 8 heteroatoms. The van der Waals surface area contributed by atoms with Crippen molar-refractivity contribution < 1.29 is 14.2 Å². The van der Waals surface area contributed by atoms with Crippen LogP contribution in [-0.2, 0) is 11.3 Å². The summed E-state index contributed by atoms with van der Waals surface area (Å²) in [6.45, 7) is 6.18. The number of methoxy groups -OCH3 is 2. The van der Waals surface area contributed by atoms with Crippen molar-refractivity contribution in [3.05, 3.63) is 48.2 Å². The SMILES string of the molecule is CCNC(=NCc1cccnc1OCCOC)NC1CCN(c2ccccc2OC)C1. The lowest BCUT2D eigenvalue weighted by atomic mass is 10.2. The molecule has 2 N–H and O–H groups in total. The van der Waals surface area contributed by atoms with Crippen LogP contribution < -0.4 is 25.0 Å². The number of anilines is 1. The molecular weight excluding hydrogens is 394 g/mol. The molecule has 8 nitrogen and oxygen atoms in total. The number of rotatable bonds is 10. The minimum absolute atomic E-state index is 0.300. The normalized spacial score (nSPS) is 16.3. The van der Waals surface area contributed by atoms with Gasteiger partial charge in [-0.2, -0.15) is 0 Å². The Kier molecular flexibility index (Phi) is 8.78. The molecule has 0 bridgehead atoms. The van der Waals surface area contributed by atoms with Gasteiger partial charge in [0.15, 0.2) is 5.96 Å². The fourth-order valence-corrected chi connectivity index (χ4v) is 3.56. The molecule has 1 aromatic heterocycles. The van der Waals surface area contributed by atoms with Crippen LogP contribution in [-0.4, -0.2) is 64.1 Å². The Hall–Kier alpha value is -3.00. The van der Waals surface area contributed by atoms with E-state index < -0.39 is 0 Å². The van der Waals surface area contributed by atoms with Gasteiger partial charge in [0.25, 0.3) is 0 Å². The molecule has 0 saturated carbocycles. The van der Waals surface area contributed by atoms with Gasteiger partial charge in [0.05, 0.1) is 25.9 Å². The molecule has 1 aliphatic heterocycles. The zero-order chi connectivity index (χ0) is 21.9. The molecule has 1 aliphatic rings. The summed E-state index contributed by atoms with van der Waals surface area (Å²) in [5.74, 6) is 2.30. The number of ether oxygens (including phenoxy) is 3. The zero-order valence-corrected chi connectivity index (χ0v) is 18.6. The summed E-state index contributed by atoms with van der Waals surface area (Å²) >= 11 is 0. The predicted octanol–water partition coefficient (Wildman–Crippen LogP) is 2.45. The van der Waals surface area contributed by atoms with Crippen LogP contribution in [0.3, 0.4) is 0 Å². The second kappa shape index (κ2) is 12.0. The summed E-state index contributed by atoms with van der Waals surface area (Å²) in [6, 6.07) is 12.3. The number of hydrogen-bond donors (Lipinski definition) is 2. The Labute approximate surface area is 184 Å². The number of pyridine rings is 1. The van der Waals surface area contributed by atoms with E-state index in [0.717, 1.165) is 49.0 Å². The lowest BCUT2D eigenvalue weighted by Gasteiger charge is -2.22. The van der Waals surface area contributed by atoms with Crippen molar-refractivity contribution in [2.45, 2.75) is 25.9 Å². The summed E-state index contributed by atoms with van der Waals surface area (Å²) in [5.41, 5.74) is 2.07. The monoisotopic (exact) mass is 427 g/mol. The molecule has 168 valence electrons. The summed E-state index contributed by atoms with van der Waals surface area (Å²) in [7, 11) is 3.37. The zero-order valence-electron chi connectivity index (χ0n) is 18.6. The van der Waals surface area contributed by atoms with E-state index in [1.54, 1.807) is 20.4 Å². The van der Waals surface area contributed by atoms with Gasteiger partial charge in [-0.1, -0.05) is 18.2 Å². The van der Waals surface area contributed by atoms with E-state index in [1.165, 1.54) is 0 Å². The predicted molar refractivity (Wildman–Crippen MR) is 123 cm³/mol. The molecule has 3 rings (SSSR count). The molecular formula is C23H33N5O3. The molecule has 2 aromatic rings. The fraction of sp³-hybridized carbons (Fsp3) is 0.478. The average Bonchev–Trinajstić information content (AvgIpc) is 3.27. The first kappa shape index (κ1) is 22.7. The molecule has 1 fully saturated rings. The minimum atomic E-state index is 0.300.